The van der Waals surface area contributed by atoms with Crippen molar-refractivity contribution < 1.29 is 0 Å². The number of para-hydroxylation sites is 1. The number of rotatable bonds is 4. The minimum absolute atomic E-state index is 0.136. The number of hydrogen-bond donors (Lipinski definition) is 0. The molecule has 2 heteroatoms. The molecule has 59 heavy (non-hydrogen) atoms. The van der Waals surface area contributed by atoms with Crippen LogP contribution in [-0.4, -0.2) is 4.57 Å². The van der Waals surface area contributed by atoms with Crippen molar-refractivity contribution in [3.63, 3.8) is 0 Å². The van der Waals surface area contributed by atoms with Gasteiger partial charge in [-0.3, -0.25) is 0 Å². The molecule has 12 rings (SSSR count). The van der Waals surface area contributed by atoms with Crippen LogP contribution in [0.2, 0.25) is 0 Å². The Morgan fingerprint density at radius 2 is 1.17 bits per heavy atom. The van der Waals surface area contributed by atoms with Crippen LogP contribution < -0.4 is 4.90 Å². The lowest BCUT2D eigenvalue weighted by Gasteiger charge is -2.37. The van der Waals surface area contributed by atoms with Crippen LogP contribution >= 0.6 is 0 Å². The summed E-state index contributed by atoms with van der Waals surface area (Å²) in [6.45, 7) is 6.96. The zero-order valence-corrected chi connectivity index (χ0v) is 33.6. The van der Waals surface area contributed by atoms with Crippen LogP contribution in [0.25, 0.3) is 54.8 Å². The van der Waals surface area contributed by atoms with E-state index in [1.54, 1.807) is 0 Å². The fourth-order valence-electron chi connectivity index (χ4n) is 11.3. The molecule has 0 saturated heterocycles. The van der Waals surface area contributed by atoms with Gasteiger partial charge >= 0.3 is 0 Å². The van der Waals surface area contributed by atoms with Crippen LogP contribution in [-0.2, 0) is 11.0 Å². The Labute approximate surface area is 346 Å². The van der Waals surface area contributed by atoms with Crippen LogP contribution in [0.3, 0.4) is 0 Å². The Hall–Kier alpha value is -6.90. The molecule has 0 aliphatic heterocycles. The zero-order chi connectivity index (χ0) is 39.5. The molecule has 3 unspecified atom stereocenters. The molecule has 3 atom stereocenters. The summed E-state index contributed by atoms with van der Waals surface area (Å²) in [5.41, 5.74) is 16.2. The third-order valence-corrected chi connectivity index (χ3v) is 13.5. The Kier molecular flexibility index (Phi) is 7.27. The Morgan fingerprint density at radius 1 is 0.508 bits per heavy atom. The molecule has 0 N–H and O–H groups in total. The number of benzene rings is 8. The van der Waals surface area contributed by atoms with E-state index < -0.39 is 0 Å². The quantitative estimate of drug-likeness (QED) is 0.174. The molecule has 1 heterocycles. The highest BCUT2D eigenvalue weighted by Gasteiger charge is 2.57. The third kappa shape index (κ3) is 4.75. The second kappa shape index (κ2) is 12.5. The van der Waals surface area contributed by atoms with Crippen LogP contribution in [0.1, 0.15) is 48.9 Å². The molecular formula is C57H44N2. The molecular weight excluding hydrogens is 713 g/mol. The van der Waals surface area contributed by atoms with Crippen LogP contribution in [0.15, 0.2) is 200 Å². The van der Waals surface area contributed by atoms with Gasteiger partial charge in [-0.2, -0.15) is 0 Å². The van der Waals surface area contributed by atoms with E-state index in [1.807, 2.05) is 0 Å². The molecule has 0 radical (unpaired) electrons. The predicted molar refractivity (Wildman–Crippen MR) is 248 cm³/mol. The predicted octanol–water partition coefficient (Wildman–Crippen LogP) is 15.0. The minimum atomic E-state index is -0.329. The van der Waals surface area contributed by atoms with Crippen LogP contribution in [0.5, 0.6) is 0 Å². The van der Waals surface area contributed by atoms with Gasteiger partial charge in [-0.1, -0.05) is 164 Å². The molecule has 3 aliphatic carbocycles. The SMILES string of the molecule is CC(C)(C)n1c2ccccc2c2ccc(N(c3ccc4c(c3)C3(c5ccccc5-4)c4ccccc4C4C=CC=CC43)c3ccc4ccccc4c3-c3ccccc3)cc21. The molecule has 9 aromatic rings. The number of nitrogens with zero attached hydrogens (tertiary/aromatic N) is 2. The molecule has 8 aromatic carbocycles. The normalized spacial score (nSPS) is 18.7. The van der Waals surface area contributed by atoms with E-state index in [0.29, 0.717) is 5.92 Å². The summed E-state index contributed by atoms with van der Waals surface area (Å²) in [5.74, 6) is 0.567. The Bertz CT molecular complexity index is 3230. The molecule has 0 saturated carbocycles. The third-order valence-electron chi connectivity index (χ3n) is 13.5. The van der Waals surface area contributed by atoms with Crippen LogP contribution in [0.4, 0.5) is 17.1 Å². The number of allylic oxidation sites excluding steroid dienone is 4. The zero-order valence-electron chi connectivity index (χ0n) is 33.6. The lowest BCUT2D eigenvalue weighted by Crippen LogP contribution is -2.33. The largest absolute Gasteiger partial charge is 0.335 e. The van der Waals surface area contributed by atoms with E-state index >= 15 is 0 Å². The fourth-order valence-corrected chi connectivity index (χ4v) is 11.3. The molecule has 2 nitrogen and oxygen atoms in total. The molecule has 282 valence electrons. The summed E-state index contributed by atoms with van der Waals surface area (Å²) < 4.78 is 2.53. The smallest absolute Gasteiger partial charge is 0.0546 e. The average Bonchev–Trinajstić information content (AvgIpc) is 3.88. The summed E-state index contributed by atoms with van der Waals surface area (Å²) in [6.07, 6.45) is 9.43. The van der Waals surface area contributed by atoms with Gasteiger partial charge in [-0.15, -0.1) is 0 Å². The summed E-state index contributed by atoms with van der Waals surface area (Å²) in [4.78, 5) is 2.55. The van der Waals surface area contributed by atoms with Gasteiger partial charge < -0.3 is 9.47 Å². The van der Waals surface area contributed by atoms with Crippen LogP contribution in [0, 0.1) is 5.92 Å². The maximum atomic E-state index is 2.55. The first-order chi connectivity index (χ1) is 28.9. The monoisotopic (exact) mass is 756 g/mol. The highest BCUT2D eigenvalue weighted by Crippen LogP contribution is 2.65. The van der Waals surface area contributed by atoms with Gasteiger partial charge in [-0.25, -0.2) is 0 Å². The van der Waals surface area contributed by atoms with Gasteiger partial charge in [0.15, 0.2) is 0 Å². The Balaban J connectivity index is 1.18. The van der Waals surface area contributed by atoms with Crippen molar-refractivity contribution in [2.24, 2.45) is 5.92 Å². The highest BCUT2D eigenvalue weighted by molar-refractivity contribution is 6.11. The first kappa shape index (κ1) is 34.2. The fraction of sp³-hybridized carbons (Fsp3) is 0.123. The van der Waals surface area contributed by atoms with Gasteiger partial charge in [0.2, 0.25) is 0 Å². The molecule has 0 bridgehead atoms. The second-order valence-electron chi connectivity index (χ2n) is 17.6. The second-order valence-corrected chi connectivity index (χ2v) is 17.6. The van der Waals surface area contributed by atoms with Crippen molar-refractivity contribution in [3.05, 3.63) is 222 Å². The average molecular weight is 757 g/mol. The summed E-state index contributed by atoms with van der Waals surface area (Å²) >= 11 is 0. The number of fused-ring (bicyclic) bond motifs is 14. The molecule has 3 aliphatic rings. The highest BCUT2D eigenvalue weighted by atomic mass is 15.1. The van der Waals surface area contributed by atoms with Gasteiger partial charge in [0.05, 0.1) is 16.6 Å². The van der Waals surface area contributed by atoms with Crippen molar-refractivity contribution in [1.29, 1.82) is 0 Å². The number of aromatic nitrogens is 1. The van der Waals surface area contributed by atoms with Crippen molar-refractivity contribution in [2.45, 2.75) is 37.6 Å². The molecule has 0 fully saturated rings. The van der Waals surface area contributed by atoms with E-state index in [2.05, 4.69) is 230 Å². The summed E-state index contributed by atoms with van der Waals surface area (Å²) in [5, 5.41) is 5.03. The van der Waals surface area contributed by atoms with Crippen molar-refractivity contribution in [3.8, 4) is 22.3 Å². The van der Waals surface area contributed by atoms with E-state index in [-0.39, 0.29) is 16.9 Å². The first-order valence-electron chi connectivity index (χ1n) is 21.0. The van der Waals surface area contributed by atoms with Crippen molar-refractivity contribution in [1.82, 2.24) is 4.57 Å². The lowest BCUT2D eigenvalue weighted by molar-refractivity contribution is 0.423. The summed E-state index contributed by atoms with van der Waals surface area (Å²) in [7, 11) is 0. The Morgan fingerprint density at radius 3 is 2.03 bits per heavy atom. The van der Waals surface area contributed by atoms with E-state index in [9.17, 15) is 0 Å². The van der Waals surface area contributed by atoms with Gasteiger partial charge in [0.1, 0.15) is 0 Å². The number of hydrogen-bond acceptors (Lipinski definition) is 1. The maximum Gasteiger partial charge on any atom is 0.0546 e. The van der Waals surface area contributed by atoms with Gasteiger partial charge in [-0.05, 0) is 107 Å². The van der Waals surface area contributed by atoms with Gasteiger partial charge in [0.25, 0.3) is 0 Å². The number of anilines is 3. The molecule has 1 aromatic heterocycles. The molecule has 0 amide bonds. The molecule has 1 spiro atoms. The first-order valence-corrected chi connectivity index (χ1v) is 21.0. The standard InChI is InChI=1S/C57H44N2/c1-56(2,3)59-52-28-16-12-24-46(52)47-33-31-40(36-54(47)59)58(53-34-29-37-17-7-8-20-41(37)55(53)38-18-5-4-6-19-38)39-30-32-45-44-23-11-15-27-50(44)57(51(45)35-39)48-25-13-9-21-42(48)43-22-10-14-26-49(43)57/h4-36,42,48H,1-3H3. The van der Waals surface area contributed by atoms with E-state index in [1.165, 1.54) is 77.1 Å². The van der Waals surface area contributed by atoms with Gasteiger partial charge in [0, 0.05) is 50.6 Å². The van der Waals surface area contributed by atoms with Crippen molar-refractivity contribution in [2.75, 3.05) is 4.90 Å². The summed E-state index contributed by atoms with van der Waals surface area (Å²) in [6, 6.07) is 66.2. The van der Waals surface area contributed by atoms with E-state index in [4.69, 9.17) is 0 Å². The topological polar surface area (TPSA) is 8.17 Å². The minimum Gasteiger partial charge on any atom is -0.335 e. The lowest BCUT2D eigenvalue weighted by atomic mass is 9.65. The van der Waals surface area contributed by atoms with E-state index in [0.717, 1.165) is 17.1 Å². The maximum absolute atomic E-state index is 2.55. The van der Waals surface area contributed by atoms with Crippen molar-refractivity contribution >= 4 is 49.6 Å².